The molecule has 1 aliphatic rings. The quantitative estimate of drug-likeness (QED) is 0.255. The highest BCUT2D eigenvalue weighted by Gasteiger charge is 2.34. The van der Waals surface area contributed by atoms with E-state index in [1.165, 1.54) is 56.9 Å². The summed E-state index contributed by atoms with van der Waals surface area (Å²) in [6.07, 6.45) is 12.4. The van der Waals surface area contributed by atoms with Crippen LogP contribution in [0.2, 0.25) is 0 Å². The van der Waals surface area contributed by atoms with E-state index >= 15 is 0 Å². The Kier molecular flexibility index (Phi) is 8.62. The number of hydrogen-bond acceptors (Lipinski definition) is 3. The fraction of sp³-hybridized carbons (Fsp3) is 0.517. The maximum absolute atomic E-state index is 13.0. The van der Waals surface area contributed by atoms with Gasteiger partial charge in [0.2, 0.25) is 5.91 Å². The molecule has 3 aromatic rings. The Hall–Kier alpha value is -2.82. The van der Waals surface area contributed by atoms with E-state index < -0.39 is 0 Å². The van der Waals surface area contributed by atoms with Crippen molar-refractivity contribution in [1.82, 2.24) is 9.55 Å². The highest BCUT2D eigenvalue weighted by Crippen LogP contribution is 2.34. The molecule has 0 radical (unpaired) electrons. The van der Waals surface area contributed by atoms with Gasteiger partial charge in [0.05, 0.1) is 18.1 Å². The summed E-state index contributed by atoms with van der Waals surface area (Å²) < 4.78 is 7.74. The van der Waals surface area contributed by atoms with Crippen molar-refractivity contribution in [2.24, 2.45) is 0 Å². The Morgan fingerprint density at radius 1 is 0.941 bits per heavy atom. The number of hydrogen-bond donors (Lipinski definition) is 0. The SMILES string of the molecule is CCCCCCCCCCCn1c([C@H]2CC(=O)N(c3cccc(OC)c3)C2)nc2ccccc21. The summed E-state index contributed by atoms with van der Waals surface area (Å²) in [5, 5.41) is 0. The van der Waals surface area contributed by atoms with Crippen molar-refractivity contribution in [2.75, 3.05) is 18.6 Å². The number of imidazole rings is 1. The molecule has 1 fully saturated rings. The van der Waals surface area contributed by atoms with Gasteiger partial charge in [-0.3, -0.25) is 4.79 Å². The molecule has 5 heteroatoms. The van der Waals surface area contributed by atoms with Crippen LogP contribution in [0.25, 0.3) is 11.0 Å². The van der Waals surface area contributed by atoms with Crippen LogP contribution in [0.1, 0.15) is 82.9 Å². The molecule has 1 atom stereocenters. The van der Waals surface area contributed by atoms with Crippen LogP contribution in [0, 0.1) is 0 Å². The summed E-state index contributed by atoms with van der Waals surface area (Å²) >= 11 is 0. The zero-order valence-corrected chi connectivity index (χ0v) is 20.8. The number of aryl methyl sites for hydroxylation is 1. The number of anilines is 1. The number of rotatable bonds is 13. The fourth-order valence-electron chi connectivity index (χ4n) is 5.13. The number of fused-ring (bicyclic) bond motifs is 1. The van der Waals surface area contributed by atoms with Crippen LogP contribution in [-0.2, 0) is 11.3 Å². The first-order chi connectivity index (χ1) is 16.7. The third kappa shape index (κ3) is 5.81. The van der Waals surface area contributed by atoms with Gasteiger partial charge in [-0.1, -0.05) is 76.5 Å². The minimum Gasteiger partial charge on any atom is -0.497 e. The van der Waals surface area contributed by atoms with E-state index in [1.807, 2.05) is 35.2 Å². The molecule has 1 saturated heterocycles. The molecule has 0 bridgehead atoms. The van der Waals surface area contributed by atoms with Crippen LogP contribution in [0.5, 0.6) is 5.75 Å². The summed E-state index contributed by atoms with van der Waals surface area (Å²) in [7, 11) is 1.66. The minimum absolute atomic E-state index is 0.102. The first kappa shape index (κ1) is 24.3. The Morgan fingerprint density at radius 3 is 2.44 bits per heavy atom. The molecule has 1 amide bonds. The first-order valence-electron chi connectivity index (χ1n) is 13.1. The molecule has 34 heavy (non-hydrogen) atoms. The predicted octanol–water partition coefficient (Wildman–Crippen LogP) is 7.10. The molecule has 0 spiro atoms. The number of carbonyl (C=O) groups is 1. The standard InChI is InChI=1S/C29H39N3O2/c1-3-4-5-6-7-8-9-10-13-19-31-27-18-12-11-17-26(27)30-29(31)23-20-28(33)32(22-23)24-15-14-16-25(21-24)34-2/h11-12,14-18,21,23H,3-10,13,19-20,22H2,1-2H3/t23-/m0/s1. The van der Waals surface area contributed by atoms with Gasteiger partial charge >= 0.3 is 0 Å². The molecule has 5 nitrogen and oxygen atoms in total. The number of unbranched alkanes of at least 4 members (excludes halogenated alkanes) is 8. The first-order valence-corrected chi connectivity index (χ1v) is 13.1. The van der Waals surface area contributed by atoms with Gasteiger partial charge in [0.1, 0.15) is 11.6 Å². The maximum atomic E-state index is 13.0. The maximum Gasteiger partial charge on any atom is 0.227 e. The van der Waals surface area contributed by atoms with Crippen LogP contribution in [0.4, 0.5) is 5.69 Å². The van der Waals surface area contributed by atoms with Crippen LogP contribution in [-0.4, -0.2) is 29.1 Å². The van der Waals surface area contributed by atoms with Gasteiger partial charge in [-0.25, -0.2) is 4.98 Å². The molecule has 2 heterocycles. The Morgan fingerprint density at radius 2 is 1.68 bits per heavy atom. The lowest BCUT2D eigenvalue weighted by atomic mass is 10.1. The average Bonchev–Trinajstić information content (AvgIpc) is 3.43. The van der Waals surface area contributed by atoms with Crippen molar-refractivity contribution in [3.63, 3.8) is 0 Å². The van der Waals surface area contributed by atoms with E-state index in [-0.39, 0.29) is 11.8 Å². The van der Waals surface area contributed by atoms with Gasteiger partial charge in [-0.2, -0.15) is 0 Å². The summed E-state index contributed by atoms with van der Waals surface area (Å²) in [5.74, 6) is 2.08. The third-order valence-corrected chi connectivity index (χ3v) is 7.02. The molecule has 4 rings (SSSR count). The normalized spacial score (nSPS) is 16.0. The molecule has 0 aliphatic carbocycles. The van der Waals surface area contributed by atoms with Gasteiger partial charge < -0.3 is 14.2 Å². The number of methoxy groups -OCH3 is 1. The van der Waals surface area contributed by atoms with Crippen molar-refractivity contribution in [1.29, 1.82) is 0 Å². The largest absolute Gasteiger partial charge is 0.497 e. The predicted molar refractivity (Wildman–Crippen MR) is 140 cm³/mol. The molecule has 0 saturated carbocycles. The monoisotopic (exact) mass is 461 g/mol. The zero-order chi connectivity index (χ0) is 23.8. The highest BCUT2D eigenvalue weighted by atomic mass is 16.5. The smallest absolute Gasteiger partial charge is 0.227 e. The van der Waals surface area contributed by atoms with Gasteiger partial charge in [0, 0.05) is 37.2 Å². The molecular weight excluding hydrogens is 422 g/mol. The molecule has 1 aromatic heterocycles. The van der Waals surface area contributed by atoms with Crippen LogP contribution >= 0.6 is 0 Å². The number of carbonyl (C=O) groups excluding carboxylic acids is 1. The number of amides is 1. The van der Waals surface area contributed by atoms with Crippen molar-refractivity contribution < 1.29 is 9.53 Å². The summed E-state index contributed by atoms with van der Waals surface area (Å²) in [4.78, 5) is 19.9. The van der Waals surface area contributed by atoms with E-state index in [0.717, 1.165) is 35.7 Å². The molecular formula is C29H39N3O2. The summed E-state index contributed by atoms with van der Waals surface area (Å²) in [5.41, 5.74) is 3.11. The lowest BCUT2D eigenvalue weighted by Gasteiger charge is -2.18. The number of nitrogens with zero attached hydrogens (tertiary/aromatic N) is 3. The highest BCUT2D eigenvalue weighted by molar-refractivity contribution is 5.96. The zero-order valence-electron chi connectivity index (χ0n) is 20.8. The molecule has 2 aromatic carbocycles. The van der Waals surface area contributed by atoms with E-state index in [9.17, 15) is 4.79 Å². The third-order valence-electron chi connectivity index (χ3n) is 7.02. The lowest BCUT2D eigenvalue weighted by Crippen LogP contribution is -2.24. The van der Waals surface area contributed by atoms with Gasteiger partial charge in [-0.05, 0) is 30.7 Å². The molecule has 182 valence electrons. The Labute approximate surface area is 204 Å². The summed E-state index contributed by atoms with van der Waals surface area (Å²) in [6, 6.07) is 16.1. The molecule has 1 aliphatic heterocycles. The van der Waals surface area contributed by atoms with Crippen molar-refractivity contribution in [3.8, 4) is 5.75 Å². The van der Waals surface area contributed by atoms with E-state index in [1.54, 1.807) is 7.11 Å². The fourth-order valence-corrected chi connectivity index (χ4v) is 5.13. The number of ether oxygens (including phenoxy) is 1. The van der Waals surface area contributed by atoms with Gasteiger partial charge in [0.25, 0.3) is 0 Å². The van der Waals surface area contributed by atoms with Crippen LogP contribution in [0.15, 0.2) is 48.5 Å². The van der Waals surface area contributed by atoms with Crippen molar-refractivity contribution >= 4 is 22.6 Å². The van der Waals surface area contributed by atoms with Crippen LogP contribution < -0.4 is 9.64 Å². The number of para-hydroxylation sites is 2. The van der Waals surface area contributed by atoms with Gasteiger partial charge in [-0.15, -0.1) is 0 Å². The second-order valence-corrected chi connectivity index (χ2v) is 9.55. The average molecular weight is 462 g/mol. The second-order valence-electron chi connectivity index (χ2n) is 9.55. The van der Waals surface area contributed by atoms with Crippen LogP contribution in [0.3, 0.4) is 0 Å². The summed E-state index contributed by atoms with van der Waals surface area (Å²) in [6.45, 7) is 3.90. The lowest BCUT2D eigenvalue weighted by molar-refractivity contribution is -0.117. The minimum atomic E-state index is 0.102. The Bertz CT molecular complexity index is 1070. The van der Waals surface area contributed by atoms with E-state index in [4.69, 9.17) is 9.72 Å². The molecule has 0 N–H and O–H groups in total. The topological polar surface area (TPSA) is 47.4 Å². The van der Waals surface area contributed by atoms with Crippen molar-refractivity contribution in [2.45, 2.75) is 83.6 Å². The number of benzene rings is 2. The van der Waals surface area contributed by atoms with E-state index in [2.05, 4.69) is 29.7 Å². The molecule has 0 unspecified atom stereocenters. The number of aromatic nitrogens is 2. The van der Waals surface area contributed by atoms with Crippen molar-refractivity contribution in [3.05, 3.63) is 54.4 Å². The second kappa shape index (κ2) is 12.0. The Balaban J connectivity index is 1.41. The van der Waals surface area contributed by atoms with E-state index in [0.29, 0.717) is 13.0 Å². The van der Waals surface area contributed by atoms with Gasteiger partial charge in [0.15, 0.2) is 0 Å².